The van der Waals surface area contributed by atoms with Crippen LogP contribution in [0.15, 0.2) is 46.0 Å². The predicted octanol–water partition coefficient (Wildman–Crippen LogP) is 2.74. The summed E-state index contributed by atoms with van der Waals surface area (Å²) in [6.45, 7) is 4.15. The number of oxazole rings is 1. The fourth-order valence-corrected chi connectivity index (χ4v) is 2.94. The van der Waals surface area contributed by atoms with Crippen molar-refractivity contribution in [3.63, 3.8) is 0 Å². The van der Waals surface area contributed by atoms with Gasteiger partial charge in [-0.05, 0) is 25.0 Å². The molecule has 0 amide bonds. The molecule has 0 radical (unpaired) electrons. The van der Waals surface area contributed by atoms with E-state index in [1.807, 2.05) is 30.3 Å². The van der Waals surface area contributed by atoms with Gasteiger partial charge in [0.05, 0.1) is 18.8 Å². The van der Waals surface area contributed by atoms with E-state index in [2.05, 4.69) is 25.5 Å². The van der Waals surface area contributed by atoms with Crippen LogP contribution in [-0.2, 0) is 11.3 Å². The number of benzene rings is 1. The number of aromatic nitrogens is 1. The summed E-state index contributed by atoms with van der Waals surface area (Å²) in [5.74, 6) is 1.40. The minimum Gasteiger partial charge on any atom is -0.444 e. The lowest BCUT2D eigenvalue weighted by molar-refractivity contribution is 0.144. The van der Waals surface area contributed by atoms with Gasteiger partial charge >= 0.3 is 0 Å². The first-order valence-corrected chi connectivity index (χ1v) is 9.47. The number of aliphatic imine (C=N–C) groups is 1. The third-order valence-corrected chi connectivity index (χ3v) is 4.57. The van der Waals surface area contributed by atoms with Crippen LogP contribution < -0.4 is 10.6 Å². The molecule has 3 rings (SSSR count). The summed E-state index contributed by atoms with van der Waals surface area (Å²) < 4.78 is 10.8. The van der Waals surface area contributed by atoms with Crippen LogP contribution in [0.2, 0.25) is 0 Å². The van der Waals surface area contributed by atoms with E-state index in [1.165, 1.54) is 12.8 Å². The smallest absolute Gasteiger partial charge is 0.226 e. The first kappa shape index (κ1) is 22.6. The SMILES string of the molecule is CN=C(NCCN(CCOC)C1CC1)NCc1coc(-c2ccccc2)n1.I. The van der Waals surface area contributed by atoms with Crippen molar-refractivity contribution in [3.05, 3.63) is 42.3 Å². The molecule has 2 N–H and O–H groups in total. The second-order valence-corrected chi connectivity index (χ2v) is 6.62. The quantitative estimate of drug-likeness (QED) is 0.298. The van der Waals surface area contributed by atoms with Crippen molar-refractivity contribution in [2.45, 2.75) is 25.4 Å². The van der Waals surface area contributed by atoms with Crippen molar-refractivity contribution in [2.75, 3.05) is 40.4 Å². The fraction of sp³-hybridized carbons (Fsp3) is 0.500. The van der Waals surface area contributed by atoms with E-state index in [1.54, 1.807) is 20.4 Å². The summed E-state index contributed by atoms with van der Waals surface area (Å²) in [5, 5.41) is 6.65. The number of ether oxygens (including phenoxy) is 1. The first-order chi connectivity index (χ1) is 13.3. The van der Waals surface area contributed by atoms with E-state index in [4.69, 9.17) is 9.15 Å². The Morgan fingerprint density at radius 1 is 1.25 bits per heavy atom. The molecule has 28 heavy (non-hydrogen) atoms. The van der Waals surface area contributed by atoms with Crippen LogP contribution in [-0.4, -0.2) is 62.3 Å². The summed E-state index contributed by atoms with van der Waals surface area (Å²) in [4.78, 5) is 11.3. The number of nitrogens with one attached hydrogen (secondary N) is 2. The zero-order valence-electron chi connectivity index (χ0n) is 16.6. The van der Waals surface area contributed by atoms with Crippen LogP contribution in [0.1, 0.15) is 18.5 Å². The molecule has 0 unspecified atom stereocenters. The number of hydrogen-bond acceptors (Lipinski definition) is 5. The Labute approximate surface area is 184 Å². The topological polar surface area (TPSA) is 74.9 Å². The molecule has 0 atom stereocenters. The molecule has 1 aliphatic carbocycles. The van der Waals surface area contributed by atoms with Crippen molar-refractivity contribution >= 4 is 29.9 Å². The molecular formula is C20H30IN5O2. The zero-order chi connectivity index (χ0) is 18.9. The van der Waals surface area contributed by atoms with Crippen molar-refractivity contribution in [1.82, 2.24) is 20.5 Å². The summed E-state index contributed by atoms with van der Waals surface area (Å²) in [6.07, 6.45) is 4.28. The number of hydrogen-bond donors (Lipinski definition) is 2. The second-order valence-electron chi connectivity index (χ2n) is 6.62. The molecule has 1 saturated carbocycles. The molecule has 0 aliphatic heterocycles. The van der Waals surface area contributed by atoms with Crippen LogP contribution in [0.3, 0.4) is 0 Å². The molecular weight excluding hydrogens is 469 g/mol. The number of nitrogens with zero attached hydrogens (tertiary/aromatic N) is 3. The van der Waals surface area contributed by atoms with Crippen LogP contribution >= 0.6 is 24.0 Å². The van der Waals surface area contributed by atoms with Crippen LogP contribution in [0.5, 0.6) is 0 Å². The first-order valence-electron chi connectivity index (χ1n) is 9.47. The van der Waals surface area contributed by atoms with Gasteiger partial charge in [-0.15, -0.1) is 24.0 Å². The Bertz CT molecular complexity index is 718. The molecule has 0 spiro atoms. The maximum atomic E-state index is 5.57. The molecule has 8 heteroatoms. The lowest BCUT2D eigenvalue weighted by atomic mass is 10.2. The Hall–Kier alpha value is -1.65. The van der Waals surface area contributed by atoms with E-state index in [-0.39, 0.29) is 24.0 Å². The van der Waals surface area contributed by atoms with Gasteiger partial charge < -0.3 is 19.8 Å². The second kappa shape index (κ2) is 12.0. The molecule has 0 bridgehead atoms. The summed E-state index contributed by atoms with van der Waals surface area (Å²) in [5.41, 5.74) is 1.82. The van der Waals surface area contributed by atoms with Gasteiger partial charge in [-0.2, -0.15) is 0 Å². The monoisotopic (exact) mass is 499 g/mol. The molecule has 2 aromatic rings. The van der Waals surface area contributed by atoms with Crippen molar-refractivity contribution in [1.29, 1.82) is 0 Å². The fourth-order valence-electron chi connectivity index (χ4n) is 2.94. The van der Waals surface area contributed by atoms with Crippen LogP contribution in [0, 0.1) is 0 Å². The minimum atomic E-state index is 0. The third-order valence-electron chi connectivity index (χ3n) is 4.57. The molecule has 1 heterocycles. The molecule has 154 valence electrons. The Morgan fingerprint density at radius 2 is 2.04 bits per heavy atom. The molecule has 1 aromatic carbocycles. The van der Waals surface area contributed by atoms with Crippen molar-refractivity contribution in [2.24, 2.45) is 4.99 Å². The molecule has 1 aromatic heterocycles. The normalized spacial score (nSPS) is 14.0. The van der Waals surface area contributed by atoms with Gasteiger partial charge in [0.15, 0.2) is 5.96 Å². The largest absolute Gasteiger partial charge is 0.444 e. The van der Waals surface area contributed by atoms with Crippen LogP contribution in [0.4, 0.5) is 0 Å². The zero-order valence-corrected chi connectivity index (χ0v) is 18.9. The number of guanidine groups is 1. The molecule has 1 fully saturated rings. The highest BCUT2D eigenvalue weighted by atomic mass is 127. The van der Waals surface area contributed by atoms with Crippen molar-refractivity contribution in [3.8, 4) is 11.5 Å². The summed E-state index contributed by atoms with van der Waals surface area (Å²) in [7, 11) is 3.53. The van der Waals surface area contributed by atoms with E-state index < -0.39 is 0 Å². The molecule has 7 nitrogen and oxygen atoms in total. The highest BCUT2D eigenvalue weighted by Crippen LogP contribution is 2.26. The Kier molecular flexibility index (Phi) is 9.72. The number of rotatable bonds is 10. The standard InChI is InChI=1S/C20H29N5O2.HI/c1-21-20(22-10-11-25(12-13-26-2)18-8-9-18)23-14-17-15-27-19(24-17)16-6-4-3-5-7-16;/h3-7,15,18H,8-14H2,1-2H3,(H2,21,22,23);1H. The summed E-state index contributed by atoms with van der Waals surface area (Å²) in [6, 6.07) is 10.6. The maximum absolute atomic E-state index is 5.57. The number of halogens is 1. The van der Waals surface area contributed by atoms with Crippen LogP contribution in [0.25, 0.3) is 11.5 Å². The van der Waals surface area contributed by atoms with E-state index in [0.29, 0.717) is 12.4 Å². The highest BCUT2D eigenvalue weighted by molar-refractivity contribution is 14.0. The highest BCUT2D eigenvalue weighted by Gasteiger charge is 2.28. The third kappa shape index (κ3) is 7.06. The lowest BCUT2D eigenvalue weighted by Gasteiger charge is -2.22. The van der Waals surface area contributed by atoms with E-state index in [9.17, 15) is 0 Å². The maximum Gasteiger partial charge on any atom is 0.226 e. The minimum absolute atomic E-state index is 0. The van der Waals surface area contributed by atoms with Crippen molar-refractivity contribution < 1.29 is 9.15 Å². The van der Waals surface area contributed by atoms with E-state index >= 15 is 0 Å². The lowest BCUT2D eigenvalue weighted by Crippen LogP contribution is -2.42. The van der Waals surface area contributed by atoms with Gasteiger partial charge in [0.25, 0.3) is 0 Å². The van der Waals surface area contributed by atoms with Gasteiger partial charge in [0, 0.05) is 45.4 Å². The Morgan fingerprint density at radius 3 is 2.71 bits per heavy atom. The number of methoxy groups -OCH3 is 1. The van der Waals surface area contributed by atoms with Gasteiger partial charge in [-0.1, -0.05) is 18.2 Å². The van der Waals surface area contributed by atoms with Gasteiger partial charge in [-0.3, -0.25) is 9.89 Å². The van der Waals surface area contributed by atoms with Gasteiger partial charge in [0.1, 0.15) is 6.26 Å². The molecule has 0 saturated heterocycles. The Balaban J connectivity index is 0.00000280. The van der Waals surface area contributed by atoms with Gasteiger partial charge in [0.2, 0.25) is 5.89 Å². The van der Waals surface area contributed by atoms with Gasteiger partial charge in [-0.25, -0.2) is 4.98 Å². The average Bonchev–Trinajstić information content (AvgIpc) is 3.45. The average molecular weight is 499 g/mol. The van der Waals surface area contributed by atoms with E-state index in [0.717, 1.165) is 49.5 Å². The molecule has 1 aliphatic rings. The predicted molar refractivity (Wildman–Crippen MR) is 122 cm³/mol. The summed E-state index contributed by atoms with van der Waals surface area (Å²) >= 11 is 0.